The minimum absolute atomic E-state index is 0.607. The molecular formula is C23H40. The number of fused-ring (bicyclic) bond motifs is 3. The second kappa shape index (κ2) is 6.38. The average molecular weight is 317 g/mol. The summed E-state index contributed by atoms with van der Waals surface area (Å²) in [7, 11) is 0. The molecule has 4 rings (SSSR count). The van der Waals surface area contributed by atoms with Crippen LogP contribution in [-0.4, -0.2) is 0 Å². The van der Waals surface area contributed by atoms with Crippen molar-refractivity contribution in [3.05, 3.63) is 0 Å². The van der Waals surface area contributed by atoms with Crippen molar-refractivity contribution in [3.63, 3.8) is 0 Å². The lowest BCUT2D eigenvalue weighted by Gasteiger charge is -2.52. The molecular weight excluding hydrogens is 276 g/mol. The van der Waals surface area contributed by atoms with Gasteiger partial charge >= 0.3 is 0 Å². The first kappa shape index (κ1) is 16.5. The van der Waals surface area contributed by atoms with Gasteiger partial charge in [0.15, 0.2) is 0 Å². The van der Waals surface area contributed by atoms with E-state index < -0.39 is 0 Å². The van der Waals surface area contributed by atoms with Crippen LogP contribution in [0, 0.1) is 46.8 Å². The molecule has 0 aromatic heterocycles. The molecule has 4 aliphatic carbocycles. The standard InChI is InChI=1S/C23H40/c1-16-13-14-21(23(2,3)18-10-5-4-6-11-18)22-19-12-8-7-9-17(19)15-20(16)22/h16-22H,4-15H2,1-3H3. The molecule has 0 nitrogen and oxygen atoms in total. The molecule has 23 heavy (non-hydrogen) atoms. The van der Waals surface area contributed by atoms with E-state index in [0.717, 1.165) is 41.4 Å². The molecule has 0 saturated heterocycles. The SMILES string of the molecule is CC1CCC(C(C)(C)C2CCCCC2)C2C1CC1CCCCC12. The summed E-state index contributed by atoms with van der Waals surface area (Å²) in [5.41, 5.74) is 0.607. The summed E-state index contributed by atoms with van der Waals surface area (Å²) in [5, 5.41) is 0. The lowest BCUT2D eigenvalue weighted by molar-refractivity contribution is -0.0317. The first-order valence-electron chi connectivity index (χ1n) is 11.1. The molecule has 0 aromatic carbocycles. The van der Waals surface area contributed by atoms with Crippen molar-refractivity contribution in [1.82, 2.24) is 0 Å². The van der Waals surface area contributed by atoms with Gasteiger partial charge in [0, 0.05) is 0 Å². The molecule has 132 valence electrons. The molecule has 4 aliphatic rings. The minimum Gasteiger partial charge on any atom is -0.0622 e. The van der Waals surface area contributed by atoms with Crippen molar-refractivity contribution < 1.29 is 0 Å². The predicted molar refractivity (Wildman–Crippen MR) is 99.3 cm³/mol. The molecule has 0 heterocycles. The molecule has 0 amide bonds. The smallest absolute Gasteiger partial charge is 0.0295 e. The van der Waals surface area contributed by atoms with Crippen LogP contribution in [0.2, 0.25) is 0 Å². The van der Waals surface area contributed by atoms with E-state index in [2.05, 4.69) is 20.8 Å². The Morgan fingerprint density at radius 1 is 0.696 bits per heavy atom. The maximum atomic E-state index is 2.69. The van der Waals surface area contributed by atoms with Crippen molar-refractivity contribution >= 4 is 0 Å². The van der Waals surface area contributed by atoms with Crippen molar-refractivity contribution in [3.8, 4) is 0 Å². The zero-order chi connectivity index (χ0) is 16.0. The average Bonchev–Trinajstić information content (AvgIpc) is 2.96. The quantitative estimate of drug-likeness (QED) is 0.510. The van der Waals surface area contributed by atoms with Gasteiger partial charge in [-0.1, -0.05) is 65.7 Å². The van der Waals surface area contributed by atoms with Crippen LogP contribution >= 0.6 is 0 Å². The summed E-state index contributed by atoms with van der Waals surface area (Å²) in [6.45, 7) is 7.98. The summed E-state index contributed by atoms with van der Waals surface area (Å²) < 4.78 is 0. The molecule has 0 bridgehead atoms. The summed E-state index contributed by atoms with van der Waals surface area (Å²) >= 11 is 0. The first-order chi connectivity index (χ1) is 11.1. The first-order valence-corrected chi connectivity index (χ1v) is 11.1. The van der Waals surface area contributed by atoms with Crippen LogP contribution in [0.5, 0.6) is 0 Å². The van der Waals surface area contributed by atoms with Crippen LogP contribution in [0.15, 0.2) is 0 Å². The minimum atomic E-state index is 0.607. The van der Waals surface area contributed by atoms with Gasteiger partial charge in [0.05, 0.1) is 0 Å². The van der Waals surface area contributed by atoms with Crippen LogP contribution in [-0.2, 0) is 0 Å². The summed E-state index contributed by atoms with van der Waals surface area (Å²) in [6.07, 6.45) is 18.5. The van der Waals surface area contributed by atoms with Crippen molar-refractivity contribution in [1.29, 1.82) is 0 Å². The lowest BCUT2D eigenvalue weighted by Crippen LogP contribution is -2.45. The van der Waals surface area contributed by atoms with Gasteiger partial charge in [-0.25, -0.2) is 0 Å². The van der Waals surface area contributed by atoms with Gasteiger partial charge in [-0.2, -0.15) is 0 Å². The van der Waals surface area contributed by atoms with Crippen LogP contribution in [0.4, 0.5) is 0 Å². The Morgan fingerprint density at radius 3 is 2.17 bits per heavy atom. The van der Waals surface area contributed by atoms with E-state index in [-0.39, 0.29) is 0 Å². The van der Waals surface area contributed by atoms with Crippen LogP contribution in [0.1, 0.15) is 97.8 Å². The highest BCUT2D eigenvalue weighted by atomic mass is 14.6. The normalized spacial score (nSPS) is 45.5. The van der Waals surface area contributed by atoms with Crippen LogP contribution in [0.3, 0.4) is 0 Å². The molecule has 0 heteroatoms. The summed E-state index contributed by atoms with van der Waals surface area (Å²) in [6, 6.07) is 0. The zero-order valence-electron chi connectivity index (χ0n) is 16.0. The van der Waals surface area contributed by atoms with E-state index >= 15 is 0 Å². The Hall–Kier alpha value is 0. The Bertz CT molecular complexity index is 400. The lowest BCUT2D eigenvalue weighted by atomic mass is 9.53. The fourth-order valence-corrected chi connectivity index (χ4v) is 7.93. The Morgan fingerprint density at radius 2 is 1.39 bits per heavy atom. The monoisotopic (exact) mass is 316 g/mol. The van der Waals surface area contributed by atoms with E-state index in [9.17, 15) is 0 Å². The highest BCUT2D eigenvalue weighted by molar-refractivity contribution is 5.03. The molecule has 0 aromatic rings. The summed E-state index contributed by atoms with van der Waals surface area (Å²) in [4.78, 5) is 0. The van der Waals surface area contributed by atoms with Gasteiger partial charge in [0.1, 0.15) is 0 Å². The highest BCUT2D eigenvalue weighted by Gasteiger charge is 2.54. The van der Waals surface area contributed by atoms with Crippen LogP contribution in [0.25, 0.3) is 0 Å². The van der Waals surface area contributed by atoms with Gasteiger partial charge in [0.2, 0.25) is 0 Å². The molecule has 6 unspecified atom stereocenters. The topological polar surface area (TPSA) is 0 Å². The second-order valence-corrected chi connectivity index (χ2v) is 10.5. The Labute approximate surface area is 145 Å². The van der Waals surface area contributed by atoms with E-state index in [0.29, 0.717) is 5.41 Å². The molecule has 0 spiro atoms. The van der Waals surface area contributed by atoms with Gasteiger partial charge in [-0.05, 0) is 78.9 Å². The van der Waals surface area contributed by atoms with Gasteiger partial charge in [-0.3, -0.25) is 0 Å². The predicted octanol–water partition coefficient (Wildman–Crippen LogP) is 7.08. The van der Waals surface area contributed by atoms with Gasteiger partial charge < -0.3 is 0 Å². The Balaban J connectivity index is 1.59. The van der Waals surface area contributed by atoms with E-state index in [1.165, 1.54) is 51.4 Å². The van der Waals surface area contributed by atoms with Gasteiger partial charge in [0.25, 0.3) is 0 Å². The number of rotatable bonds is 2. The maximum Gasteiger partial charge on any atom is -0.0295 e. The maximum absolute atomic E-state index is 2.69. The van der Waals surface area contributed by atoms with Crippen molar-refractivity contribution in [2.24, 2.45) is 46.8 Å². The molecule has 0 aliphatic heterocycles. The largest absolute Gasteiger partial charge is 0.0622 e. The molecule has 0 N–H and O–H groups in total. The van der Waals surface area contributed by atoms with Crippen molar-refractivity contribution in [2.75, 3.05) is 0 Å². The molecule has 4 fully saturated rings. The number of hydrogen-bond donors (Lipinski definition) is 0. The van der Waals surface area contributed by atoms with E-state index in [4.69, 9.17) is 0 Å². The van der Waals surface area contributed by atoms with Crippen LogP contribution < -0.4 is 0 Å². The highest BCUT2D eigenvalue weighted by Crippen LogP contribution is 2.62. The fourth-order valence-electron chi connectivity index (χ4n) is 7.93. The van der Waals surface area contributed by atoms with Gasteiger partial charge in [-0.15, -0.1) is 0 Å². The third-order valence-corrected chi connectivity index (χ3v) is 9.27. The van der Waals surface area contributed by atoms with E-state index in [1.807, 2.05) is 0 Å². The Kier molecular flexibility index (Phi) is 4.57. The second-order valence-electron chi connectivity index (χ2n) is 10.5. The van der Waals surface area contributed by atoms with Crippen molar-refractivity contribution in [2.45, 2.75) is 97.8 Å². The summed E-state index contributed by atoms with van der Waals surface area (Å²) in [5.74, 6) is 7.50. The molecule has 0 radical (unpaired) electrons. The number of hydrogen-bond acceptors (Lipinski definition) is 0. The van der Waals surface area contributed by atoms with E-state index in [1.54, 1.807) is 25.7 Å². The third-order valence-electron chi connectivity index (χ3n) is 9.27. The molecule has 6 atom stereocenters. The zero-order valence-corrected chi connectivity index (χ0v) is 16.0. The third kappa shape index (κ3) is 2.81. The fraction of sp³-hybridized carbons (Fsp3) is 1.00. The molecule has 4 saturated carbocycles.